The van der Waals surface area contributed by atoms with Crippen LogP contribution in [-0.2, 0) is 4.32 Å². The summed E-state index contributed by atoms with van der Waals surface area (Å²) in [5.41, 5.74) is 1.18. The molecule has 0 bridgehead atoms. The maximum absolute atomic E-state index is 6.27. The third-order valence-corrected chi connectivity index (χ3v) is 4.32. The van der Waals surface area contributed by atoms with Gasteiger partial charge in [0.05, 0.1) is 9.70 Å². The van der Waals surface area contributed by atoms with Gasteiger partial charge in [0, 0.05) is 0 Å². The van der Waals surface area contributed by atoms with E-state index in [1.54, 1.807) is 0 Å². The minimum atomic E-state index is -0.259. The molecule has 1 aliphatic carbocycles. The molecule has 2 unspecified atom stereocenters. The molecule has 0 heterocycles. The van der Waals surface area contributed by atoms with E-state index in [9.17, 15) is 0 Å². The van der Waals surface area contributed by atoms with Gasteiger partial charge in [0.2, 0.25) is 0 Å². The van der Waals surface area contributed by atoms with Crippen LogP contribution < -0.4 is 0 Å². The molecule has 1 aliphatic rings. The van der Waals surface area contributed by atoms with Crippen molar-refractivity contribution < 1.29 is 0 Å². The number of halogens is 2. The largest absolute Gasteiger partial charge is 0.116 e. The van der Waals surface area contributed by atoms with Crippen molar-refractivity contribution in [3.05, 3.63) is 60.2 Å². The Kier molecular flexibility index (Phi) is 2.80. The molecule has 0 aliphatic heterocycles. The lowest BCUT2D eigenvalue weighted by Crippen LogP contribution is -2.27. The van der Waals surface area contributed by atoms with E-state index in [0.717, 1.165) is 0 Å². The number of rotatable bonds is 1. The van der Waals surface area contributed by atoms with Gasteiger partial charge in [-0.3, -0.25) is 0 Å². The average Bonchev–Trinajstić information content (AvgIpc) is 2.24. The number of hydrogen-bond acceptors (Lipinski definition) is 0. The molecule has 2 atom stereocenters. The van der Waals surface area contributed by atoms with E-state index in [-0.39, 0.29) is 9.70 Å². The van der Waals surface area contributed by atoms with Gasteiger partial charge >= 0.3 is 0 Å². The van der Waals surface area contributed by atoms with Crippen LogP contribution in [0, 0.1) is 0 Å². The van der Waals surface area contributed by atoms with Gasteiger partial charge in [-0.25, -0.2) is 0 Å². The summed E-state index contributed by atoms with van der Waals surface area (Å²) in [4.78, 5) is 0. The molecule has 0 saturated carbocycles. The van der Waals surface area contributed by atoms with Crippen LogP contribution in [0.3, 0.4) is 0 Å². The molecule has 0 radical (unpaired) electrons. The van der Waals surface area contributed by atoms with E-state index < -0.39 is 0 Å². The summed E-state index contributed by atoms with van der Waals surface area (Å²) in [6.07, 6.45) is 8.06. The van der Waals surface area contributed by atoms with Crippen molar-refractivity contribution in [1.29, 1.82) is 0 Å². The Labute approximate surface area is 97.4 Å². The highest BCUT2D eigenvalue weighted by Gasteiger charge is 2.33. The van der Waals surface area contributed by atoms with Crippen LogP contribution in [0.2, 0.25) is 0 Å². The van der Waals surface area contributed by atoms with Gasteiger partial charge in [0.25, 0.3) is 0 Å². The molecule has 0 saturated heterocycles. The fraction of sp³-hybridized carbons (Fsp3) is 0.167. The minimum absolute atomic E-state index is 0.0464. The molecular formula is C12H10BrCl. The molecule has 0 amide bonds. The smallest absolute Gasteiger partial charge is 0.0887 e. The van der Waals surface area contributed by atoms with E-state index in [1.165, 1.54) is 5.56 Å². The Bertz CT molecular complexity index is 369. The highest BCUT2D eigenvalue weighted by atomic mass is 79.9. The fourth-order valence-corrected chi connectivity index (χ4v) is 2.39. The lowest BCUT2D eigenvalue weighted by atomic mass is 9.92. The van der Waals surface area contributed by atoms with Crippen LogP contribution >= 0.6 is 27.5 Å². The van der Waals surface area contributed by atoms with Crippen LogP contribution in [0.1, 0.15) is 5.56 Å². The van der Waals surface area contributed by atoms with Gasteiger partial charge in [-0.15, -0.1) is 11.6 Å². The van der Waals surface area contributed by atoms with Crippen LogP contribution in [0.15, 0.2) is 54.6 Å². The molecule has 2 heteroatoms. The summed E-state index contributed by atoms with van der Waals surface area (Å²) in [6.45, 7) is 0. The lowest BCUT2D eigenvalue weighted by Gasteiger charge is -2.29. The number of allylic oxidation sites excluding steroid dienone is 4. The molecule has 0 fully saturated rings. The van der Waals surface area contributed by atoms with Crippen molar-refractivity contribution in [2.24, 2.45) is 0 Å². The fourth-order valence-electron chi connectivity index (χ4n) is 1.54. The maximum atomic E-state index is 6.27. The van der Waals surface area contributed by atoms with Gasteiger partial charge in [-0.05, 0) is 5.56 Å². The molecule has 1 aromatic carbocycles. The molecule has 0 aromatic heterocycles. The summed E-state index contributed by atoms with van der Waals surface area (Å²) in [5, 5.41) is -0.0464. The van der Waals surface area contributed by atoms with Crippen molar-refractivity contribution in [3.8, 4) is 0 Å². The molecule has 2 rings (SSSR count). The van der Waals surface area contributed by atoms with Gasteiger partial charge in [-0.1, -0.05) is 70.6 Å². The van der Waals surface area contributed by atoms with E-state index in [1.807, 2.05) is 36.4 Å². The van der Waals surface area contributed by atoms with Crippen LogP contribution in [0.25, 0.3) is 0 Å². The van der Waals surface area contributed by atoms with Crippen LogP contribution in [0.5, 0.6) is 0 Å². The molecular weight excluding hydrogens is 259 g/mol. The van der Waals surface area contributed by atoms with Crippen molar-refractivity contribution in [2.45, 2.75) is 9.70 Å². The minimum Gasteiger partial charge on any atom is -0.116 e. The van der Waals surface area contributed by atoms with Crippen molar-refractivity contribution in [2.75, 3.05) is 0 Å². The first kappa shape index (κ1) is 10.0. The van der Waals surface area contributed by atoms with Gasteiger partial charge in [0.15, 0.2) is 0 Å². The summed E-state index contributed by atoms with van der Waals surface area (Å²) in [6, 6.07) is 10.2. The van der Waals surface area contributed by atoms with E-state index in [2.05, 4.69) is 34.1 Å². The summed E-state index contributed by atoms with van der Waals surface area (Å²) < 4.78 is -0.259. The zero-order chi connectivity index (χ0) is 10.0. The summed E-state index contributed by atoms with van der Waals surface area (Å²) in [5.74, 6) is 0. The second-order valence-corrected chi connectivity index (χ2v) is 5.06. The maximum Gasteiger partial charge on any atom is 0.0887 e. The third kappa shape index (κ3) is 1.67. The predicted molar refractivity (Wildman–Crippen MR) is 65.0 cm³/mol. The zero-order valence-corrected chi connectivity index (χ0v) is 9.87. The molecule has 14 heavy (non-hydrogen) atoms. The first-order valence-corrected chi connectivity index (χ1v) is 5.71. The van der Waals surface area contributed by atoms with Crippen molar-refractivity contribution in [3.63, 3.8) is 0 Å². The molecule has 0 nitrogen and oxygen atoms in total. The molecule has 72 valence electrons. The topological polar surface area (TPSA) is 0 Å². The number of hydrogen-bond donors (Lipinski definition) is 0. The normalized spacial score (nSPS) is 30.6. The third-order valence-electron chi connectivity index (χ3n) is 2.35. The summed E-state index contributed by atoms with van der Waals surface area (Å²) in [7, 11) is 0. The highest BCUT2D eigenvalue weighted by Crippen LogP contribution is 2.41. The van der Waals surface area contributed by atoms with Crippen LogP contribution in [-0.4, -0.2) is 5.38 Å². The first-order valence-electron chi connectivity index (χ1n) is 4.48. The van der Waals surface area contributed by atoms with E-state index in [4.69, 9.17) is 11.6 Å². The predicted octanol–water partition coefficient (Wildman–Crippen LogP) is 4.01. The molecule has 0 N–H and O–H groups in total. The summed E-state index contributed by atoms with van der Waals surface area (Å²) >= 11 is 9.97. The van der Waals surface area contributed by atoms with E-state index >= 15 is 0 Å². The molecule has 0 spiro atoms. The Morgan fingerprint density at radius 2 is 1.86 bits per heavy atom. The van der Waals surface area contributed by atoms with Crippen molar-refractivity contribution in [1.82, 2.24) is 0 Å². The Morgan fingerprint density at radius 3 is 2.50 bits per heavy atom. The Hall–Kier alpha value is -0.530. The zero-order valence-electron chi connectivity index (χ0n) is 7.53. The van der Waals surface area contributed by atoms with Gasteiger partial charge in [-0.2, -0.15) is 0 Å². The SMILES string of the molecule is ClC1C=CC=CC1(Br)c1ccccc1. The van der Waals surface area contributed by atoms with E-state index in [0.29, 0.717) is 0 Å². The second-order valence-electron chi connectivity index (χ2n) is 3.28. The second kappa shape index (κ2) is 3.92. The van der Waals surface area contributed by atoms with Gasteiger partial charge < -0.3 is 0 Å². The first-order chi connectivity index (χ1) is 6.73. The van der Waals surface area contributed by atoms with Crippen molar-refractivity contribution >= 4 is 27.5 Å². The monoisotopic (exact) mass is 268 g/mol. The number of benzene rings is 1. The quantitative estimate of drug-likeness (QED) is 0.676. The highest BCUT2D eigenvalue weighted by molar-refractivity contribution is 9.09. The Morgan fingerprint density at radius 1 is 1.14 bits per heavy atom. The molecule has 1 aromatic rings. The number of alkyl halides is 2. The van der Waals surface area contributed by atoms with Crippen LogP contribution in [0.4, 0.5) is 0 Å². The standard InChI is InChI=1S/C12H10BrCl/c13-12(9-5-4-8-11(12)14)10-6-2-1-3-7-10/h1-9,11H. The average molecular weight is 270 g/mol. The Balaban J connectivity index is 2.42. The van der Waals surface area contributed by atoms with Gasteiger partial charge in [0.1, 0.15) is 0 Å². The lowest BCUT2D eigenvalue weighted by molar-refractivity contribution is 0.805.